The van der Waals surface area contributed by atoms with Gasteiger partial charge >= 0.3 is 0 Å². The van der Waals surface area contributed by atoms with Crippen molar-refractivity contribution in [3.63, 3.8) is 0 Å². The molecule has 4 nitrogen and oxygen atoms in total. The minimum absolute atomic E-state index is 0.0272. The van der Waals surface area contributed by atoms with Crippen LogP contribution in [0.4, 0.5) is 0 Å². The number of halogens is 1. The summed E-state index contributed by atoms with van der Waals surface area (Å²) in [7, 11) is -2.44. The zero-order chi connectivity index (χ0) is 12.2. The highest BCUT2D eigenvalue weighted by molar-refractivity contribution is 7.93. The Hall–Kier alpha value is -1.12. The van der Waals surface area contributed by atoms with Gasteiger partial charge in [-0.1, -0.05) is 24.6 Å². The first kappa shape index (κ1) is 12.9. The molecule has 1 rings (SSSR count). The normalized spacial score (nSPS) is 15.9. The molecule has 16 heavy (non-hydrogen) atoms. The van der Waals surface area contributed by atoms with Gasteiger partial charge in [0.15, 0.2) is 0 Å². The van der Waals surface area contributed by atoms with E-state index >= 15 is 0 Å². The fourth-order valence-electron chi connectivity index (χ4n) is 1.36. The third kappa shape index (κ3) is 3.80. The Bertz CT molecular complexity index is 512. The highest BCUT2D eigenvalue weighted by Crippen LogP contribution is 2.18. The van der Waals surface area contributed by atoms with Crippen molar-refractivity contribution in [1.29, 1.82) is 5.26 Å². The van der Waals surface area contributed by atoms with Crippen LogP contribution in [0.5, 0.6) is 0 Å². The summed E-state index contributed by atoms with van der Waals surface area (Å²) in [4.78, 5) is 3.95. The van der Waals surface area contributed by atoms with Crippen LogP contribution in [0.25, 0.3) is 0 Å². The van der Waals surface area contributed by atoms with Crippen LogP contribution in [0.15, 0.2) is 22.7 Å². The lowest BCUT2D eigenvalue weighted by molar-refractivity contribution is 0.675. The first-order chi connectivity index (χ1) is 7.44. The molecule has 2 unspecified atom stereocenters. The van der Waals surface area contributed by atoms with E-state index in [1.807, 2.05) is 13.0 Å². The van der Waals surface area contributed by atoms with E-state index < -0.39 is 9.73 Å². The van der Waals surface area contributed by atoms with Crippen molar-refractivity contribution in [2.75, 3.05) is 12.0 Å². The predicted octanol–water partition coefficient (Wildman–Crippen LogP) is 2.42. The van der Waals surface area contributed by atoms with Crippen molar-refractivity contribution >= 4 is 21.3 Å². The second-order valence-corrected chi connectivity index (χ2v) is 6.45. The van der Waals surface area contributed by atoms with E-state index in [2.05, 4.69) is 9.35 Å². The Kier molecular flexibility index (Phi) is 4.27. The summed E-state index contributed by atoms with van der Waals surface area (Å²) in [6, 6.07) is 3.52. The Labute approximate surface area is 100 Å². The molecule has 0 aliphatic rings. The van der Waals surface area contributed by atoms with Crippen molar-refractivity contribution in [2.45, 2.75) is 12.8 Å². The Morgan fingerprint density at radius 2 is 2.38 bits per heavy atom. The molecule has 1 aromatic rings. The van der Waals surface area contributed by atoms with Gasteiger partial charge in [-0.2, -0.15) is 5.26 Å². The molecule has 2 atom stereocenters. The molecule has 6 heteroatoms. The molecule has 0 fully saturated rings. The summed E-state index contributed by atoms with van der Waals surface area (Å²) in [5, 5.41) is 8.82. The maximum atomic E-state index is 11.8. The molecule has 0 aromatic carbocycles. The lowest BCUT2D eigenvalue weighted by atomic mass is 10.1. The molecule has 0 saturated heterocycles. The van der Waals surface area contributed by atoms with Gasteiger partial charge in [0, 0.05) is 18.2 Å². The van der Waals surface area contributed by atoms with E-state index in [-0.39, 0.29) is 5.92 Å². The minimum atomic E-state index is -2.44. The first-order valence-corrected chi connectivity index (χ1v) is 7.11. The summed E-state index contributed by atoms with van der Waals surface area (Å²) in [5.74, 6) is 0.364. The number of nitrogens with zero attached hydrogens (tertiary/aromatic N) is 3. The lowest BCUT2D eigenvalue weighted by Gasteiger charge is -2.11. The van der Waals surface area contributed by atoms with Crippen LogP contribution in [0.2, 0.25) is 5.15 Å². The van der Waals surface area contributed by atoms with Gasteiger partial charge in [-0.25, -0.2) is 9.19 Å². The van der Waals surface area contributed by atoms with Crippen LogP contribution < -0.4 is 0 Å². The van der Waals surface area contributed by atoms with Gasteiger partial charge in [0.2, 0.25) is 6.19 Å². The number of nitriles is 1. The molecule has 0 amide bonds. The minimum Gasteiger partial charge on any atom is -0.249 e. The van der Waals surface area contributed by atoms with Crippen molar-refractivity contribution in [2.24, 2.45) is 4.36 Å². The van der Waals surface area contributed by atoms with E-state index in [0.29, 0.717) is 10.9 Å². The monoisotopic (exact) mass is 257 g/mol. The van der Waals surface area contributed by atoms with Crippen LogP contribution >= 0.6 is 11.6 Å². The fraction of sp³-hybridized carbons (Fsp3) is 0.400. The second-order valence-electron chi connectivity index (χ2n) is 3.63. The molecule has 86 valence electrons. The molecular weight excluding hydrogens is 246 g/mol. The molecule has 0 bridgehead atoms. The fourth-order valence-corrected chi connectivity index (χ4v) is 2.84. The average molecular weight is 258 g/mol. The lowest BCUT2D eigenvalue weighted by Crippen LogP contribution is -2.10. The van der Waals surface area contributed by atoms with E-state index in [1.165, 1.54) is 6.26 Å². The van der Waals surface area contributed by atoms with E-state index in [1.54, 1.807) is 18.5 Å². The molecule has 0 spiro atoms. The number of aromatic nitrogens is 1. The third-order valence-electron chi connectivity index (χ3n) is 2.11. The summed E-state index contributed by atoms with van der Waals surface area (Å²) < 4.78 is 15.2. The van der Waals surface area contributed by atoms with Crippen LogP contribution in [0.3, 0.4) is 0 Å². The molecule has 0 aliphatic carbocycles. The van der Waals surface area contributed by atoms with Gasteiger partial charge in [-0.3, -0.25) is 0 Å². The van der Waals surface area contributed by atoms with E-state index in [0.717, 1.165) is 5.56 Å². The van der Waals surface area contributed by atoms with Gasteiger partial charge < -0.3 is 0 Å². The number of hydrogen-bond acceptors (Lipinski definition) is 4. The molecule has 0 aliphatic heterocycles. The average Bonchev–Trinajstić information content (AvgIpc) is 2.17. The van der Waals surface area contributed by atoms with E-state index in [9.17, 15) is 4.21 Å². The second kappa shape index (κ2) is 5.28. The smallest absolute Gasteiger partial charge is 0.214 e. The van der Waals surface area contributed by atoms with Crippen LogP contribution in [0.1, 0.15) is 18.4 Å². The molecular formula is C10H12ClN3OS. The third-order valence-corrected chi connectivity index (χ3v) is 3.92. The number of hydrogen-bond donors (Lipinski definition) is 0. The van der Waals surface area contributed by atoms with Crippen LogP contribution in [-0.4, -0.2) is 21.2 Å². The number of rotatable bonds is 3. The Morgan fingerprint density at radius 3 is 2.88 bits per heavy atom. The van der Waals surface area contributed by atoms with Gasteiger partial charge in [0.05, 0.1) is 9.73 Å². The van der Waals surface area contributed by atoms with Crippen molar-refractivity contribution < 1.29 is 4.21 Å². The van der Waals surface area contributed by atoms with Crippen molar-refractivity contribution in [3.05, 3.63) is 29.0 Å². The van der Waals surface area contributed by atoms with Gasteiger partial charge in [-0.05, 0) is 17.5 Å². The van der Waals surface area contributed by atoms with Crippen molar-refractivity contribution in [3.8, 4) is 6.19 Å². The summed E-state index contributed by atoms with van der Waals surface area (Å²) >= 11 is 5.67. The zero-order valence-corrected chi connectivity index (χ0v) is 10.6. The van der Waals surface area contributed by atoms with Crippen LogP contribution in [-0.2, 0) is 9.73 Å². The van der Waals surface area contributed by atoms with Crippen molar-refractivity contribution in [1.82, 2.24) is 4.98 Å². The summed E-state index contributed by atoms with van der Waals surface area (Å²) in [6.07, 6.45) is 4.72. The highest BCUT2D eigenvalue weighted by Gasteiger charge is 2.12. The van der Waals surface area contributed by atoms with Gasteiger partial charge in [0.1, 0.15) is 5.15 Å². The molecule has 1 heterocycles. The molecule has 0 N–H and O–H groups in total. The maximum Gasteiger partial charge on any atom is 0.214 e. The summed E-state index contributed by atoms with van der Waals surface area (Å²) in [6.45, 7) is 1.92. The SMILES string of the molecule is CC(CS(C)(=O)=NC#N)c1ccc(Cl)nc1. The molecule has 0 saturated carbocycles. The quantitative estimate of drug-likeness (QED) is 0.617. The summed E-state index contributed by atoms with van der Waals surface area (Å²) in [5.41, 5.74) is 0.937. The molecule has 1 aromatic heterocycles. The topological polar surface area (TPSA) is 66.1 Å². The first-order valence-electron chi connectivity index (χ1n) is 4.64. The predicted molar refractivity (Wildman–Crippen MR) is 64.6 cm³/mol. The highest BCUT2D eigenvalue weighted by atomic mass is 35.5. The Morgan fingerprint density at radius 1 is 1.69 bits per heavy atom. The number of pyridine rings is 1. The maximum absolute atomic E-state index is 11.8. The van der Waals surface area contributed by atoms with Gasteiger partial charge in [0.25, 0.3) is 0 Å². The zero-order valence-electron chi connectivity index (χ0n) is 9.05. The van der Waals surface area contributed by atoms with Gasteiger partial charge in [-0.15, -0.1) is 4.36 Å². The Balaban J connectivity index is 2.85. The standard InChI is InChI=1S/C10H12ClN3OS/c1-8(6-16(2,15)14-7-12)9-3-4-10(11)13-5-9/h3-5,8H,6H2,1-2H3. The molecule has 0 radical (unpaired) electrons. The van der Waals surface area contributed by atoms with E-state index in [4.69, 9.17) is 16.9 Å². The van der Waals surface area contributed by atoms with Crippen LogP contribution in [0, 0.1) is 11.5 Å². The largest absolute Gasteiger partial charge is 0.249 e.